The van der Waals surface area contributed by atoms with Crippen LogP contribution in [0, 0.1) is 0 Å². The van der Waals surface area contributed by atoms with E-state index >= 15 is 0 Å². The minimum absolute atomic E-state index is 0.158. The summed E-state index contributed by atoms with van der Waals surface area (Å²) in [6.07, 6.45) is 3.42. The van der Waals surface area contributed by atoms with Crippen molar-refractivity contribution >= 4 is 28.1 Å². The zero-order valence-electron chi connectivity index (χ0n) is 11.2. The zero-order valence-corrected chi connectivity index (χ0v) is 12.0. The molecule has 0 aliphatic rings. The van der Waals surface area contributed by atoms with E-state index in [-0.39, 0.29) is 11.3 Å². The lowest BCUT2D eigenvalue weighted by atomic mass is 10.2. The SMILES string of the molecule is O=C(O)c1cc(Nc2nc(-c3cccnc3)cs2)ccc1O. The van der Waals surface area contributed by atoms with Gasteiger partial charge in [0.2, 0.25) is 0 Å². The van der Waals surface area contributed by atoms with Gasteiger partial charge in [0.25, 0.3) is 0 Å². The van der Waals surface area contributed by atoms with E-state index in [0.717, 1.165) is 11.3 Å². The number of thiazole rings is 1. The third-order valence-corrected chi connectivity index (χ3v) is 3.70. The molecule has 0 aliphatic carbocycles. The lowest BCUT2D eigenvalue weighted by Crippen LogP contribution is -1.98. The van der Waals surface area contributed by atoms with Gasteiger partial charge >= 0.3 is 5.97 Å². The Morgan fingerprint density at radius 1 is 1.27 bits per heavy atom. The van der Waals surface area contributed by atoms with Crippen molar-refractivity contribution in [2.45, 2.75) is 0 Å². The predicted molar refractivity (Wildman–Crippen MR) is 83.7 cm³/mol. The summed E-state index contributed by atoms with van der Waals surface area (Å²) >= 11 is 1.40. The highest BCUT2D eigenvalue weighted by molar-refractivity contribution is 7.14. The Balaban J connectivity index is 1.84. The van der Waals surface area contributed by atoms with E-state index in [1.54, 1.807) is 18.5 Å². The molecule has 0 fully saturated rings. The summed E-state index contributed by atoms with van der Waals surface area (Å²) in [7, 11) is 0. The molecule has 0 spiro atoms. The lowest BCUT2D eigenvalue weighted by molar-refractivity contribution is 0.0694. The fourth-order valence-electron chi connectivity index (χ4n) is 1.89. The average molecular weight is 313 g/mol. The van der Waals surface area contributed by atoms with Crippen LogP contribution >= 0.6 is 11.3 Å². The highest BCUT2D eigenvalue weighted by Crippen LogP contribution is 2.28. The highest BCUT2D eigenvalue weighted by Gasteiger charge is 2.11. The quantitative estimate of drug-likeness (QED) is 0.639. The minimum atomic E-state index is -1.18. The first-order valence-electron chi connectivity index (χ1n) is 6.33. The van der Waals surface area contributed by atoms with Crippen LogP contribution < -0.4 is 5.32 Å². The van der Waals surface area contributed by atoms with Gasteiger partial charge in [0.15, 0.2) is 5.13 Å². The van der Waals surface area contributed by atoms with Gasteiger partial charge in [-0.1, -0.05) is 0 Å². The molecule has 0 aliphatic heterocycles. The van der Waals surface area contributed by atoms with Gasteiger partial charge in [0, 0.05) is 29.0 Å². The summed E-state index contributed by atoms with van der Waals surface area (Å²) in [5, 5.41) is 24.0. The Bertz CT molecular complexity index is 818. The molecule has 0 radical (unpaired) electrons. The fraction of sp³-hybridized carbons (Fsp3) is 0. The van der Waals surface area contributed by atoms with Crippen LogP contribution in [-0.2, 0) is 0 Å². The van der Waals surface area contributed by atoms with Gasteiger partial charge in [-0.05, 0) is 30.3 Å². The van der Waals surface area contributed by atoms with E-state index in [1.807, 2.05) is 17.5 Å². The van der Waals surface area contributed by atoms with E-state index in [0.29, 0.717) is 10.8 Å². The van der Waals surface area contributed by atoms with Gasteiger partial charge < -0.3 is 15.5 Å². The second kappa shape index (κ2) is 5.82. The molecule has 0 unspecified atom stereocenters. The Kier molecular flexibility index (Phi) is 3.71. The standard InChI is InChI=1S/C15H11N3O3S/c19-13-4-3-10(6-11(13)14(20)21)17-15-18-12(8-22-15)9-2-1-5-16-7-9/h1-8,19H,(H,17,18)(H,20,21). The van der Waals surface area contributed by atoms with Crippen molar-refractivity contribution in [2.24, 2.45) is 0 Å². The maximum absolute atomic E-state index is 11.0. The summed E-state index contributed by atoms with van der Waals surface area (Å²) in [5.41, 5.74) is 2.08. The highest BCUT2D eigenvalue weighted by atomic mass is 32.1. The number of hydrogen-bond acceptors (Lipinski definition) is 6. The monoisotopic (exact) mass is 313 g/mol. The number of pyridine rings is 1. The molecule has 2 heterocycles. The number of phenols is 1. The van der Waals surface area contributed by atoms with Gasteiger partial charge in [0.1, 0.15) is 11.3 Å². The first kappa shape index (κ1) is 14.0. The molecule has 0 bridgehead atoms. The lowest BCUT2D eigenvalue weighted by Gasteiger charge is -2.05. The molecule has 0 saturated carbocycles. The van der Waals surface area contributed by atoms with E-state index in [4.69, 9.17) is 5.11 Å². The van der Waals surface area contributed by atoms with E-state index in [9.17, 15) is 9.90 Å². The predicted octanol–water partition coefficient (Wildman–Crippen LogP) is 3.35. The molecule has 0 saturated heterocycles. The number of nitrogens with one attached hydrogen (secondary N) is 1. The van der Waals surface area contributed by atoms with Crippen molar-refractivity contribution in [2.75, 3.05) is 5.32 Å². The summed E-state index contributed by atoms with van der Waals surface area (Å²) in [5.74, 6) is -1.45. The van der Waals surface area contributed by atoms with Crippen LogP contribution in [0.1, 0.15) is 10.4 Å². The number of nitrogens with zero attached hydrogens (tertiary/aromatic N) is 2. The molecule has 3 rings (SSSR count). The van der Waals surface area contributed by atoms with Gasteiger partial charge in [-0.2, -0.15) is 0 Å². The summed E-state index contributed by atoms with van der Waals surface area (Å²) < 4.78 is 0. The number of aromatic carboxylic acids is 1. The molecular weight excluding hydrogens is 302 g/mol. The number of carbonyl (C=O) groups is 1. The molecule has 7 heteroatoms. The largest absolute Gasteiger partial charge is 0.507 e. The van der Waals surface area contributed by atoms with Crippen LogP contribution in [0.15, 0.2) is 48.1 Å². The molecular formula is C15H11N3O3S. The van der Waals surface area contributed by atoms with Gasteiger partial charge in [-0.15, -0.1) is 11.3 Å². The van der Waals surface area contributed by atoms with Crippen molar-refractivity contribution in [1.82, 2.24) is 9.97 Å². The molecule has 1 aromatic carbocycles. The van der Waals surface area contributed by atoms with Crippen molar-refractivity contribution in [3.8, 4) is 17.0 Å². The molecule has 2 aromatic heterocycles. The third kappa shape index (κ3) is 2.89. The number of benzene rings is 1. The van der Waals surface area contributed by atoms with Crippen molar-refractivity contribution in [3.63, 3.8) is 0 Å². The first-order chi connectivity index (χ1) is 10.6. The second-order valence-electron chi connectivity index (χ2n) is 4.44. The number of aromatic hydroxyl groups is 1. The maximum atomic E-state index is 11.0. The minimum Gasteiger partial charge on any atom is -0.507 e. The first-order valence-corrected chi connectivity index (χ1v) is 7.21. The topological polar surface area (TPSA) is 95.3 Å². The molecule has 22 heavy (non-hydrogen) atoms. The summed E-state index contributed by atoms with van der Waals surface area (Å²) in [4.78, 5) is 19.5. The van der Waals surface area contributed by atoms with Crippen LogP contribution in [0.5, 0.6) is 5.75 Å². The molecule has 0 atom stereocenters. The van der Waals surface area contributed by atoms with E-state index in [1.165, 1.54) is 23.5 Å². The van der Waals surface area contributed by atoms with Gasteiger partial charge in [-0.25, -0.2) is 9.78 Å². The Morgan fingerprint density at radius 2 is 2.14 bits per heavy atom. The van der Waals surface area contributed by atoms with Crippen LogP contribution in [0.25, 0.3) is 11.3 Å². The van der Waals surface area contributed by atoms with E-state index < -0.39 is 5.97 Å². The summed E-state index contributed by atoms with van der Waals surface area (Å²) in [6, 6.07) is 8.03. The normalized spacial score (nSPS) is 10.4. The van der Waals surface area contributed by atoms with Crippen LogP contribution in [0.3, 0.4) is 0 Å². The second-order valence-corrected chi connectivity index (χ2v) is 5.30. The van der Waals surface area contributed by atoms with Crippen molar-refractivity contribution in [1.29, 1.82) is 0 Å². The summed E-state index contributed by atoms with van der Waals surface area (Å²) in [6.45, 7) is 0. The van der Waals surface area contributed by atoms with Crippen molar-refractivity contribution < 1.29 is 15.0 Å². The third-order valence-electron chi connectivity index (χ3n) is 2.94. The number of carboxylic acid groups (broad SMARTS) is 1. The number of anilines is 2. The van der Waals surface area contributed by atoms with Crippen LogP contribution in [-0.4, -0.2) is 26.2 Å². The molecule has 6 nitrogen and oxygen atoms in total. The fourth-order valence-corrected chi connectivity index (χ4v) is 2.63. The molecule has 0 amide bonds. The van der Waals surface area contributed by atoms with E-state index in [2.05, 4.69) is 15.3 Å². The van der Waals surface area contributed by atoms with Gasteiger partial charge in [0.05, 0.1) is 5.69 Å². The zero-order chi connectivity index (χ0) is 15.5. The molecule has 3 aromatic rings. The maximum Gasteiger partial charge on any atom is 0.339 e. The molecule has 3 N–H and O–H groups in total. The number of carboxylic acids is 1. The molecule has 110 valence electrons. The Labute approximate surface area is 129 Å². The number of aromatic nitrogens is 2. The van der Waals surface area contributed by atoms with Gasteiger partial charge in [-0.3, -0.25) is 4.98 Å². The smallest absolute Gasteiger partial charge is 0.339 e. The van der Waals surface area contributed by atoms with Crippen LogP contribution in [0.4, 0.5) is 10.8 Å². The van der Waals surface area contributed by atoms with Crippen molar-refractivity contribution in [3.05, 3.63) is 53.7 Å². The Morgan fingerprint density at radius 3 is 2.86 bits per heavy atom. The number of hydrogen-bond donors (Lipinski definition) is 3. The number of rotatable bonds is 4. The average Bonchev–Trinajstić information content (AvgIpc) is 2.98. The van der Waals surface area contributed by atoms with Crippen LogP contribution in [0.2, 0.25) is 0 Å². The Hall–Kier alpha value is -2.93.